The molecule has 0 spiro atoms. The maximum absolute atomic E-state index is 12.2. The lowest BCUT2D eigenvalue weighted by molar-refractivity contribution is -0.160. The SMILES string of the molecule is C#CC1(OC(=O)CCCCC(=O)OC2(C#C)CCN(C)CC2)CCN(C)CC1. The minimum absolute atomic E-state index is 0.248. The predicted molar refractivity (Wildman–Crippen MR) is 107 cm³/mol. The number of carbonyl (C=O) groups is 2. The molecule has 0 aromatic carbocycles. The largest absolute Gasteiger partial charge is 0.446 e. The summed E-state index contributed by atoms with van der Waals surface area (Å²) in [6.07, 6.45) is 15.5. The fraction of sp³-hybridized carbons (Fsp3) is 0.727. The zero-order valence-electron chi connectivity index (χ0n) is 17.2. The van der Waals surface area contributed by atoms with Crippen molar-refractivity contribution in [1.82, 2.24) is 9.80 Å². The number of rotatable bonds is 7. The van der Waals surface area contributed by atoms with Crippen LogP contribution in [0.1, 0.15) is 51.4 Å². The molecule has 0 aromatic heterocycles. The molecule has 2 aliphatic rings. The van der Waals surface area contributed by atoms with Crippen molar-refractivity contribution >= 4 is 11.9 Å². The first-order valence-electron chi connectivity index (χ1n) is 10.1. The molecule has 0 N–H and O–H groups in total. The highest BCUT2D eigenvalue weighted by molar-refractivity contribution is 5.71. The molecular weight excluding hydrogens is 356 g/mol. The molecule has 2 rings (SSSR count). The van der Waals surface area contributed by atoms with Gasteiger partial charge in [0.25, 0.3) is 0 Å². The van der Waals surface area contributed by atoms with E-state index in [0.717, 1.165) is 26.2 Å². The Morgan fingerprint density at radius 3 is 1.39 bits per heavy atom. The Balaban J connectivity index is 1.68. The van der Waals surface area contributed by atoms with Crippen molar-refractivity contribution in [3.8, 4) is 24.7 Å². The summed E-state index contributed by atoms with van der Waals surface area (Å²) in [5.74, 6) is 4.74. The number of piperidine rings is 2. The molecule has 0 aromatic rings. The topological polar surface area (TPSA) is 59.1 Å². The molecule has 6 heteroatoms. The van der Waals surface area contributed by atoms with Crippen LogP contribution in [0.2, 0.25) is 0 Å². The summed E-state index contributed by atoms with van der Waals surface area (Å²) in [7, 11) is 4.05. The third kappa shape index (κ3) is 6.26. The van der Waals surface area contributed by atoms with Crippen LogP contribution in [-0.4, -0.2) is 73.2 Å². The molecular formula is C22H32N2O4. The second-order valence-corrected chi connectivity index (χ2v) is 8.04. The molecule has 154 valence electrons. The van der Waals surface area contributed by atoms with Gasteiger partial charge in [-0.15, -0.1) is 12.8 Å². The van der Waals surface area contributed by atoms with Crippen LogP contribution in [0.3, 0.4) is 0 Å². The first-order valence-corrected chi connectivity index (χ1v) is 10.1. The van der Waals surface area contributed by atoms with E-state index in [2.05, 4.69) is 21.6 Å². The van der Waals surface area contributed by atoms with Gasteiger partial charge in [-0.3, -0.25) is 9.59 Å². The molecule has 2 heterocycles. The average molecular weight is 389 g/mol. The number of unbranched alkanes of at least 4 members (excludes halogenated alkanes) is 1. The van der Waals surface area contributed by atoms with E-state index in [1.54, 1.807) is 0 Å². The summed E-state index contributed by atoms with van der Waals surface area (Å²) in [4.78, 5) is 28.7. The summed E-state index contributed by atoms with van der Waals surface area (Å²) in [5, 5.41) is 0. The third-order valence-electron chi connectivity index (χ3n) is 5.75. The van der Waals surface area contributed by atoms with E-state index >= 15 is 0 Å². The predicted octanol–water partition coefficient (Wildman–Crippen LogP) is 1.83. The second-order valence-electron chi connectivity index (χ2n) is 8.04. The molecule has 0 atom stereocenters. The molecule has 0 radical (unpaired) electrons. The van der Waals surface area contributed by atoms with E-state index < -0.39 is 11.2 Å². The normalized spacial score (nSPS) is 21.9. The van der Waals surface area contributed by atoms with Gasteiger partial charge < -0.3 is 19.3 Å². The minimum atomic E-state index is -0.782. The summed E-state index contributed by atoms with van der Waals surface area (Å²) >= 11 is 0. The molecule has 0 aliphatic carbocycles. The Kier molecular flexibility index (Phi) is 7.92. The number of nitrogens with zero attached hydrogens (tertiary/aromatic N) is 2. The third-order valence-corrected chi connectivity index (χ3v) is 5.75. The van der Waals surface area contributed by atoms with E-state index in [0.29, 0.717) is 38.5 Å². The molecule has 0 bridgehead atoms. The van der Waals surface area contributed by atoms with Crippen molar-refractivity contribution < 1.29 is 19.1 Å². The van der Waals surface area contributed by atoms with Crippen molar-refractivity contribution in [3.63, 3.8) is 0 Å². The summed E-state index contributed by atoms with van der Waals surface area (Å²) in [5.41, 5.74) is -1.56. The molecule has 2 fully saturated rings. The number of esters is 2. The Bertz CT molecular complexity index is 574. The van der Waals surface area contributed by atoms with Crippen LogP contribution < -0.4 is 0 Å². The van der Waals surface area contributed by atoms with E-state index in [-0.39, 0.29) is 24.8 Å². The monoisotopic (exact) mass is 388 g/mol. The van der Waals surface area contributed by atoms with Crippen LogP contribution in [0.5, 0.6) is 0 Å². The lowest BCUT2D eigenvalue weighted by atomic mass is 9.92. The van der Waals surface area contributed by atoms with Crippen molar-refractivity contribution in [1.29, 1.82) is 0 Å². The summed E-state index contributed by atoms with van der Waals surface area (Å²) in [6, 6.07) is 0. The van der Waals surface area contributed by atoms with E-state index in [1.165, 1.54) is 0 Å². The minimum Gasteiger partial charge on any atom is -0.446 e. The van der Waals surface area contributed by atoms with Crippen LogP contribution >= 0.6 is 0 Å². The van der Waals surface area contributed by atoms with Gasteiger partial charge in [-0.2, -0.15) is 0 Å². The highest BCUT2D eigenvalue weighted by atomic mass is 16.6. The van der Waals surface area contributed by atoms with Crippen LogP contribution in [0.15, 0.2) is 0 Å². The van der Waals surface area contributed by atoms with E-state index in [1.807, 2.05) is 14.1 Å². The first-order chi connectivity index (χ1) is 13.3. The van der Waals surface area contributed by atoms with Gasteiger partial charge in [0.1, 0.15) is 0 Å². The Labute approximate surface area is 168 Å². The highest BCUT2D eigenvalue weighted by Gasteiger charge is 2.36. The van der Waals surface area contributed by atoms with Crippen LogP contribution in [-0.2, 0) is 19.1 Å². The quantitative estimate of drug-likeness (QED) is 0.377. The molecule has 28 heavy (non-hydrogen) atoms. The summed E-state index contributed by atoms with van der Waals surface area (Å²) in [6.45, 7) is 3.26. The number of terminal acetylenes is 2. The van der Waals surface area contributed by atoms with Crippen molar-refractivity contribution in [2.45, 2.75) is 62.6 Å². The maximum Gasteiger partial charge on any atom is 0.307 e. The zero-order chi connectivity index (χ0) is 20.6. The number of likely N-dealkylation sites (tertiary alicyclic amines) is 2. The first kappa shape index (κ1) is 22.3. The number of hydrogen-bond donors (Lipinski definition) is 0. The van der Waals surface area contributed by atoms with Gasteiger partial charge in [-0.05, 0) is 26.9 Å². The molecule has 0 amide bonds. The van der Waals surface area contributed by atoms with Crippen molar-refractivity contribution in [2.24, 2.45) is 0 Å². The lowest BCUT2D eigenvalue weighted by Crippen LogP contribution is -2.45. The fourth-order valence-corrected chi connectivity index (χ4v) is 3.59. The van der Waals surface area contributed by atoms with E-state index in [9.17, 15) is 9.59 Å². The Hall–Kier alpha value is -2.02. The summed E-state index contributed by atoms with van der Waals surface area (Å²) < 4.78 is 11.2. The van der Waals surface area contributed by atoms with Crippen molar-refractivity contribution in [3.05, 3.63) is 0 Å². The number of ether oxygens (including phenoxy) is 2. The van der Waals surface area contributed by atoms with Gasteiger partial charge in [0, 0.05) is 64.7 Å². The zero-order valence-corrected chi connectivity index (χ0v) is 17.2. The fourth-order valence-electron chi connectivity index (χ4n) is 3.59. The molecule has 0 unspecified atom stereocenters. The average Bonchev–Trinajstić information content (AvgIpc) is 2.69. The van der Waals surface area contributed by atoms with Gasteiger partial charge >= 0.3 is 11.9 Å². The Morgan fingerprint density at radius 2 is 1.11 bits per heavy atom. The second kappa shape index (κ2) is 9.96. The number of carbonyl (C=O) groups excluding carboxylic acids is 2. The van der Waals surface area contributed by atoms with Crippen LogP contribution in [0.4, 0.5) is 0 Å². The van der Waals surface area contributed by atoms with Crippen LogP contribution in [0.25, 0.3) is 0 Å². The highest BCUT2D eigenvalue weighted by Crippen LogP contribution is 2.27. The molecule has 2 aliphatic heterocycles. The van der Waals surface area contributed by atoms with Gasteiger partial charge in [-0.1, -0.05) is 11.8 Å². The van der Waals surface area contributed by atoms with Gasteiger partial charge in [0.05, 0.1) is 0 Å². The standard InChI is InChI=1S/C22H32N2O4/c1-5-21(11-15-23(3)16-12-21)27-19(25)9-7-8-10-20(26)28-22(6-2)13-17-24(4)18-14-22/h1-2H,7-18H2,3-4H3. The molecule has 2 saturated heterocycles. The molecule has 0 saturated carbocycles. The van der Waals surface area contributed by atoms with Crippen molar-refractivity contribution in [2.75, 3.05) is 40.3 Å². The smallest absolute Gasteiger partial charge is 0.307 e. The van der Waals surface area contributed by atoms with Gasteiger partial charge in [0.15, 0.2) is 11.2 Å². The number of hydrogen-bond acceptors (Lipinski definition) is 6. The lowest BCUT2D eigenvalue weighted by Gasteiger charge is -2.36. The van der Waals surface area contributed by atoms with Crippen LogP contribution in [0, 0.1) is 24.7 Å². The van der Waals surface area contributed by atoms with E-state index in [4.69, 9.17) is 22.3 Å². The van der Waals surface area contributed by atoms with Gasteiger partial charge in [-0.25, -0.2) is 0 Å². The molecule has 6 nitrogen and oxygen atoms in total. The van der Waals surface area contributed by atoms with Gasteiger partial charge in [0.2, 0.25) is 0 Å². The Morgan fingerprint density at radius 1 is 0.786 bits per heavy atom. The maximum atomic E-state index is 12.2.